The van der Waals surface area contributed by atoms with Crippen LogP contribution in [0.5, 0.6) is 0 Å². The van der Waals surface area contributed by atoms with Crippen LogP contribution in [-0.2, 0) is 4.79 Å². The number of pyridine rings is 1. The van der Waals surface area contributed by atoms with Crippen LogP contribution in [0, 0.1) is 5.92 Å². The van der Waals surface area contributed by atoms with Gasteiger partial charge in [0, 0.05) is 24.5 Å². The van der Waals surface area contributed by atoms with E-state index in [2.05, 4.69) is 10.3 Å². The number of carboxylic acid groups (broad SMARTS) is 1. The number of hydrogen-bond donors (Lipinski definition) is 2. The Balaban J connectivity index is 2.34. The molecule has 1 aromatic rings. The largest absolute Gasteiger partial charge is 0.481 e. The van der Waals surface area contributed by atoms with Crippen LogP contribution in [-0.4, -0.2) is 28.5 Å². The number of nitrogens with zero attached hydrogens (tertiary/aromatic N) is 1. The predicted molar refractivity (Wildman–Crippen MR) is 58.0 cm³/mol. The van der Waals surface area contributed by atoms with Gasteiger partial charge in [0.05, 0.1) is 5.92 Å². The molecule has 16 heavy (non-hydrogen) atoms. The van der Waals surface area contributed by atoms with Gasteiger partial charge in [0.1, 0.15) is 0 Å². The van der Waals surface area contributed by atoms with Crippen LogP contribution in [0.15, 0.2) is 24.5 Å². The molecule has 0 spiro atoms. The monoisotopic (exact) mass is 222 g/mol. The first-order chi connectivity index (χ1) is 7.61. The summed E-state index contributed by atoms with van der Waals surface area (Å²) in [5, 5.41) is 11.3. The lowest BCUT2D eigenvalue weighted by Crippen LogP contribution is -2.26. The van der Waals surface area contributed by atoms with Gasteiger partial charge in [-0.1, -0.05) is 6.92 Å². The number of amides is 1. The highest BCUT2D eigenvalue weighted by Crippen LogP contribution is 2.01. The van der Waals surface area contributed by atoms with E-state index >= 15 is 0 Å². The summed E-state index contributed by atoms with van der Waals surface area (Å²) in [6, 6.07) is 3.21. The van der Waals surface area contributed by atoms with E-state index in [1.54, 1.807) is 19.1 Å². The van der Waals surface area contributed by atoms with E-state index in [1.807, 2.05) is 0 Å². The molecule has 0 saturated heterocycles. The number of rotatable bonds is 5. The number of nitrogens with one attached hydrogen (secondary N) is 1. The molecule has 0 aliphatic rings. The number of carboxylic acids is 1. The van der Waals surface area contributed by atoms with E-state index in [0.29, 0.717) is 18.5 Å². The van der Waals surface area contributed by atoms with Crippen molar-refractivity contribution >= 4 is 11.9 Å². The van der Waals surface area contributed by atoms with Crippen LogP contribution in [0.3, 0.4) is 0 Å². The summed E-state index contributed by atoms with van der Waals surface area (Å²) in [7, 11) is 0. The molecule has 0 fully saturated rings. The fourth-order valence-electron chi connectivity index (χ4n) is 1.13. The Morgan fingerprint density at radius 3 is 2.62 bits per heavy atom. The molecule has 1 amide bonds. The van der Waals surface area contributed by atoms with Crippen LogP contribution in [0.4, 0.5) is 0 Å². The maximum absolute atomic E-state index is 11.5. The Labute approximate surface area is 93.5 Å². The maximum atomic E-state index is 11.5. The highest BCUT2D eigenvalue weighted by Gasteiger charge is 2.11. The van der Waals surface area contributed by atoms with Crippen LogP contribution in [0.1, 0.15) is 23.7 Å². The zero-order valence-corrected chi connectivity index (χ0v) is 9.01. The number of carbonyl (C=O) groups excluding carboxylic acids is 1. The van der Waals surface area contributed by atoms with Gasteiger partial charge in [-0.3, -0.25) is 14.6 Å². The molecule has 1 atom stereocenters. The lowest BCUT2D eigenvalue weighted by atomic mass is 10.1. The number of hydrogen-bond acceptors (Lipinski definition) is 3. The van der Waals surface area contributed by atoms with Gasteiger partial charge in [-0.15, -0.1) is 0 Å². The fourth-order valence-corrected chi connectivity index (χ4v) is 1.13. The summed E-state index contributed by atoms with van der Waals surface area (Å²) in [6.07, 6.45) is 3.50. The predicted octanol–water partition coefficient (Wildman–Crippen LogP) is 0.922. The molecule has 0 aliphatic carbocycles. The molecule has 86 valence electrons. The molecule has 0 aromatic carbocycles. The minimum Gasteiger partial charge on any atom is -0.481 e. The lowest BCUT2D eigenvalue weighted by Gasteiger charge is -2.07. The van der Waals surface area contributed by atoms with Gasteiger partial charge < -0.3 is 10.4 Å². The Morgan fingerprint density at radius 2 is 2.06 bits per heavy atom. The highest BCUT2D eigenvalue weighted by molar-refractivity contribution is 5.93. The van der Waals surface area contributed by atoms with Gasteiger partial charge in [0.25, 0.3) is 5.91 Å². The Hall–Kier alpha value is -1.91. The zero-order chi connectivity index (χ0) is 12.0. The first-order valence-electron chi connectivity index (χ1n) is 5.02. The van der Waals surface area contributed by atoms with E-state index < -0.39 is 11.9 Å². The second-order valence-corrected chi connectivity index (χ2v) is 3.52. The molecule has 0 radical (unpaired) electrons. The smallest absolute Gasteiger partial charge is 0.306 e. The SMILES string of the molecule is CC(CCNC(=O)c1ccncc1)C(=O)O. The van der Waals surface area contributed by atoms with Crippen molar-refractivity contribution < 1.29 is 14.7 Å². The van der Waals surface area contributed by atoms with Crippen molar-refractivity contribution in [3.8, 4) is 0 Å². The first-order valence-corrected chi connectivity index (χ1v) is 5.02. The number of aromatic nitrogens is 1. The normalized spacial score (nSPS) is 11.8. The Kier molecular flexibility index (Phi) is 4.44. The van der Waals surface area contributed by atoms with Gasteiger partial charge in [-0.2, -0.15) is 0 Å². The minimum absolute atomic E-state index is 0.208. The maximum Gasteiger partial charge on any atom is 0.306 e. The molecule has 2 N–H and O–H groups in total. The summed E-state index contributed by atoms with van der Waals surface area (Å²) in [5.41, 5.74) is 0.526. The summed E-state index contributed by atoms with van der Waals surface area (Å²) in [5.74, 6) is -1.50. The van der Waals surface area contributed by atoms with E-state index in [1.165, 1.54) is 12.4 Å². The van der Waals surface area contributed by atoms with Crippen molar-refractivity contribution in [3.05, 3.63) is 30.1 Å². The van der Waals surface area contributed by atoms with E-state index in [4.69, 9.17) is 5.11 Å². The van der Waals surface area contributed by atoms with E-state index in [-0.39, 0.29) is 5.91 Å². The summed E-state index contributed by atoms with van der Waals surface area (Å²) >= 11 is 0. The minimum atomic E-state index is -0.849. The third-order valence-electron chi connectivity index (χ3n) is 2.23. The van der Waals surface area contributed by atoms with Crippen molar-refractivity contribution in [2.45, 2.75) is 13.3 Å². The third-order valence-corrected chi connectivity index (χ3v) is 2.23. The Bertz CT molecular complexity index is 365. The standard InChI is InChI=1S/C11H14N2O3/c1-8(11(15)16)2-7-13-10(14)9-3-5-12-6-4-9/h3-6,8H,2,7H2,1H3,(H,13,14)(H,15,16). The van der Waals surface area contributed by atoms with Gasteiger partial charge in [0.2, 0.25) is 0 Å². The summed E-state index contributed by atoms with van der Waals surface area (Å²) < 4.78 is 0. The number of aliphatic carboxylic acids is 1. The van der Waals surface area contributed by atoms with E-state index in [9.17, 15) is 9.59 Å². The van der Waals surface area contributed by atoms with E-state index in [0.717, 1.165) is 0 Å². The first kappa shape index (κ1) is 12.2. The molecule has 0 aliphatic heterocycles. The van der Waals surface area contributed by atoms with Crippen molar-refractivity contribution in [1.29, 1.82) is 0 Å². The molecular formula is C11H14N2O3. The average Bonchev–Trinajstić information content (AvgIpc) is 2.29. The lowest BCUT2D eigenvalue weighted by molar-refractivity contribution is -0.141. The van der Waals surface area contributed by atoms with Gasteiger partial charge in [-0.05, 0) is 18.6 Å². The molecule has 1 aromatic heterocycles. The van der Waals surface area contributed by atoms with Crippen LogP contribution < -0.4 is 5.32 Å². The Morgan fingerprint density at radius 1 is 1.44 bits per heavy atom. The molecule has 1 unspecified atom stereocenters. The molecule has 5 heteroatoms. The molecular weight excluding hydrogens is 208 g/mol. The molecule has 0 bridgehead atoms. The summed E-state index contributed by atoms with van der Waals surface area (Å²) in [4.78, 5) is 25.8. The van der Waals surface area contributed by atoms with Crippen molar-refractivity contribution in [2.75, 3.05) is 6.54 Å². The topological polar surface area (TPSA) is 79.3 Å². The molecule has 0 saturated carbocycles. The molecule has 1 heterocycles. The second-order valence-electron chi connectivity index (χ2n) is 3.52. The zero-order valence-electron chi connectivity index (χ0n) is 9.01. The fraction of sp³-hybridized carbons (Fsp3) is 0.364. The van der Waals surface area contributed by atoms with Crippen LogP contribution >= 0.6 is 0 Å². The quantitative estimate of drug-likeness (QED) is 0.776. The molecule has 5 nitrogen and oxygen atoms in total. The van der Waals surface area contributed by atoms with Crippen LogP contribution in [0.2, 0.25) is 0 Å². The third kappa shape index (κ3) is 3.68. The van der Waals surface area contributed by atoms with Gasteiger partial charge in [0.15, 0.2) is 0 Å². The average molecular weight is 222 g/mol. The molecule has 1 rings (SSSR count). The number of carbonyl (C=O) groups is 2. The van der Waals surface area contributed by atoms with Crippen molar-refractivity contribution in [3.63, 3.8) is 0 Å². The van der Waals surface area contributed by atoms with Crippen molar-refractivity contribution in [2.24, 2.45) is 5.92 Å². The summed E-state index contributed by atoms with van der Waals surface area (Å²) in [6.45, 7) is 1.97. The van der Waals surface area contributed by atoms with Crippen LogP contribution in [0.25, 0.3) is 0 Å². The van der Waals surface area contributed by atoms with Crippen molar-refractivity contribution in [1.82, 2.24) is 10.3 Å². The van der Waals surface area contributed by atoms with Gasteiger partial charge >= 0.3 is 5.97 Å². The second kappa shape index (κ2) is 5.85. The highest BCUT2D eigenvalue weighted by atomic mass is 16.4. The van der Waals surface area contributed by atoms with Gasteiger partial charge in [-0.25, -0.2) is 0 Å².